The molecule has 1 aliphatic heterocycles. The summed E-state index contributed by atoms with van der Waals surface area (Å²) in [6.45, 7) is 4.29. The molecule has 4 atom stereocenters. The van der Waals surface area contributed by atoms with E-state index in [2.05, 4.69) is 0 Å². The van der Waals surface area contributed by atoms with Crippen molar-refractivity contribution < 1.29 is 37.0 Å². The fourth-order valence-electron chi connectivity index (χ4n) is 3.13. The third-order valence-corrected chi connectivity index (χ3v) is 4.24. The van der Waals surface area contributed by atoms with Crippen LogP contribution in [0.15, 0.2) is 30.3 Å². The molecule has 27 heavy (non-hydrogen) atoms. The quantitative estimate of drug-likeness (QED) is 0.784. The van der Waals surface area contributed by atoms with E-state index in [0.29, 0.717) is 0 Å². The average molecular weight is 389 g/mol. The molecule has 2 rings (SSSR count). The van der Waals surface area contributed by atoms with Crippen LogP contribution in [-0.2, 0) is 30.4 Å². The van der Waals surface area contributed by atoms with E-state index in [1.807, 2.05) is 23.5 Å². The van der Waals surface area contributed by atoms with Gasteiger partial charge in [0.05, 0.1) is 18.2 Å². The summed E-state index contributed by atoms with van der Waals surface area (Å²) < 4.78 is 54.7. The van der Waals surface area contributed by atoms with Crippen molar-refractivity contribution in [2.75, 3.05) is 0 Å². The van der Waals surface area contributed by atoms with Crippen molar-refractivity contribution in [1.29, 1.82) is 0 Å². The Morgan fingerprint density at radius 1 is 1.30 bits per heavy atom. The van der Waals surface area contributed by atoms with Crippen LogP contribution in [0.3, 0.4) is 0 Å². The second-order valence-electron chi connectivity index (χ2n) is 6.67. The number of halogens is 3. The van der Waals surface area contributed by atoms with E-state index in [1.165, 1.54) is 6.92 Å². The van der Waals surface area contributed by atoms with Gasteiger partial charge >= 0.3 is 18.1 Å². The zero-order valence-corrected chi connectivity index (χ0v) is 15.2. The van der Waals surface area contributed by atoms with Crippen LogP contribution in [0, 0.1) is 0 Å². The Labute approximate surface area is 155 Å². The minimum absolute atomic E-state index is 0.120. The highest BCUT2D eigenvalue weighted by Crippen LogP contribution is 2.33. The first kappa shape index (κ1) is 21.2. The van der Waals surface area contributed by atoms with Gasteiger partial charge < -0.3 is 19.5 Å². The number of nitrogens with one attached hydrogen (secondary N) is 1. The molecule has 9 heteroatoms. The summed E-state index contributed by atoms with van der Waals surface area (Å²) in [4.78, 5) is 22.8. The molecule has 6 nitrogen and oxygen atoms in total. The Morgan fingerprint density at radius 3 is 2.48 bits per heavy atom. The van der Waals surface area contributed by atoms with E-state index < -0.39 is 42.1 Å². The molecule has 1 amide bonds. The van der Waals surface area contributed by atoms with E-state index in [0.717, 1.165) is 12.5 Å². The van der Waals surface area contributed by atoms with Gasteiger partial charge in [0, 0.05) is 13.3 Å². The largest absolute Gasteiger partial charge is 0.471 e. The number of carbonyl (C=O) groups excluding carboxylic acids is 2. The van der Waals surface area contributed by atoms with E-state index >= 15 is 0 Å². The highest BCUT2D eigenvalue weighted by molar-refractivity contribution is 5.82. The van der Waals surface area contributed by atoms with Gasteiger partial charge in [-0.3, -0.25) is 9.59 Å². The molecule has 1 saturated heterocycles. The number of hydrogen-bond donors (Lipinski definition) is 1. The van der Waals surface area contributed by atoms with Crippen molar-refractivity contribution in [3.05, 3.63) is 35.9 Å². The summed E-state index contributed by atoms with van der Waals surface area (Å²) in [6.07, 6.45) is -7.95. The molecule has 0 spiro atoms. The van der Waals surface area contributed by atoms with Crippen molar-refractivity contribution in [3.8, 4) is 0 Å². The third kappa shape index (κ3) is 5.67. The lowest BCUT2D eigenvalue weighted by Gasteiger charge is -2.47. The van der Waals surface area contributed by atoms with Gasteiger partial charge in [-0.2, -0.15) is 13.2 Å². The molecule has 0 aromatic heterocycles. The van der Waals surface area contributed by atoms with E-state index in [-0.39, 0.29) is 13.0 Å². The van der Waals surface area contributed by atoms with Crippen LogP contribution in [0.5, 0.6) is 0 Å². The predicted molar refractivity (Wildman–Crippen MR) is 88.3 cm³/mol. The fraction of sp³-hybridized carbons (Fsp3) is 0.556. The number of benzene rings is 1. The molecule has 0 saturated carbocycles. The number of amides is 1. The second-order valence-corrected chi connectivity index (χ2v) is 6.67. The molecule has 1 unspecified atom stereocenters. The van der Waals surface area contributed by atoms with Crippen molar-refractivity contribution in [2.45, 2.75) is 64.0 Å². The fourth-order valence-corrected chi connectivity index (χ4v) is 3.13. The maximum absolute atomic E-state index is 12.8. The van der Waals surface area contributed by atoms with Crippen LogP contribution in [0.1, 0.15) is 32.8 Å². The van der Waals surface area contributed by atoms with E-state index in [9.17, 15) is 22.8 Å². The van der Waals surface area contributed by atoms with Crippen molar-refractivity contribution in [3.63, 3.8) is 0 Å². The second kappa shape index (κ2) is 8.26. The molecular formula is C18H22F3NO5. The number of hydrogen-bond acceptors (Lipinski definition) is 5. The van der Waals surface area contributed by atoms with Crippen LogP contribution in [0.25, 0.3) is 0 Å². The Bertz CT molecular complexity index is 667. The van der Waals surface area contributed by atoms with Crippen molar-refractivity contribution in [1.82, 2.24) is 5.32 Å². The molecule has 1 aromatic rings. The highest BCUT2D eigenvalue weighted by Gasteiger charge is 2.51. The Morgan fingerprint density at radius 2 is 1.93 bits per heavy atom. The predicted octanol–water partition coefficient (Wildman–Crippen LogP) is 2.71. The number of esters is 1. The maximum atomic E-state index is 12.8. The van der Waals surface area contributed by atoms with Gasteiger partial charge in [0.1, 0.15) is 6.10 Å². The Balaban J connectivity index is 2.21. The third-order valence-electron chi connectivity index (χ3n) is 4.24. The van der Waals surface area contributed by atoms with Gasteiger partial charge in [-0.05, 0) is 19.4 Å². The van der Waals surface area contributed by atoms with Gasteiger partial charge in [0.2, 0.25) is 6.29 Å². The molecule has 150 valence electrons. The summed E-state index contributed by atoms with van der Waals surface area (Å²) in [5, 5.41) is 1.99. The lowest BCUT2D eigenvalue weighted by Crippen LogP contribution is -2.66. The zero-order chi connectivity index (χ0) is 20.2. The topological polar surface area (TPSA) is 73.9 Å². The minimum Gasteiger partial charge on any atom is -0.436 e. The van der Waals surface area contributed by atoms with Gasteiger partial charge in [0.25, 0.3) is 0 Å². The van der Waals surface area contributed by atoms with Crippen molar-refractivity contribution in [2.24, 2.45) is 0 Å². The summed E-state index contributed by atoms with van der Waals surface area (Å²) in [7, 11) is 0. The Kier molecular flexibility index (Phi) is 6.48. The van der Waals surface area contributed by atoms with Crippen LogP contribution in [0.2, 0.25) is 0 Å². The van der Waals surface area contributed by atoms with E-state index in [1.54, 1.807) is 19.1 Å². The molecular weight excluding hydrogens is 367 g/mol. The first-order valence-electron chi connectivity index (χ1n) is 8.39. The number of alkyl halides is 3. The standard InChI is InChI=1S/C18H22F3NO5/c1-11-15(25-10-13-7-5-4-6-8-13)17(3,22-16(24)18(19,20)21)9-14(26-11)27-12(2)23/h4-8,11,14-15H,9-10H2,1-3H3,(H,22,24)/t11?,14-,15+,17+/m0/s1. The monoisotopic (exact) mass is 389 g/mol. The first-order chi connectivity index (χ1) is 12.5. The summed E-state index contributed by atoms with van der Waals surface area (Å²) in [6, 6.07) is 9.05. The van der Waals surface area contributed by atoms with Crippen LogP contribution in [0.4, 0.5) is 13.2 Å². The van der Waals surface area contributed by atoms with Crippen LogP contribution >= 0.6 is 0 Å². The molecule has 1 N–H and O–H groups in total. The molecule has 0 aliphatic carbocycles. The molecule has 0 radical (unpaired) electrons. The van der Waals surface area contributed by atoms with Gasteiger partial charge in [-0.25, -0.2) is 0 Å². The lowest BCUT2D eigenvalue weighted by molar-refractivity contribution is -0.247. The summed E-state index contributed by atoms with van der Waals surface area (Å²) in [5.41, 5.74) is -0.643. The average Bonchev–Trinajstić information content (AvgIpc) is 2.53. The SMILES string of the molecule is CC(=O)O[C@H]1C[C@@](C)(NC(=O)C(F)(F)F)[C@H](OCc2ccccc2)C(C)O1. The van der Waals surface area contributed by atoms with Crippen LogP contribution < -0.4 is 5.32 Å². The molecule has 0 bridgehead atoms. The van der Waals surface area contributed by atoms with Gasteiger partial charge in [-0.15, -0.1) is 0 Å². The normalized spacial score (nSPS) is 28.4. The number of rotatable bonds is 5. The molecule has 1 aliphatic rings. The zero-order valence-electron chi connectivity index (χ0n) is 15.2. The number of ether oxygens (including phenoxy) is 3. The maximum Gasteiger partial charge on any atom is 0.471 e. The summed E-state index contributed by atoms with van der Waals surface area (Å²) >= 11 is 0. The minimum atomic E-state index is -5.05. The van der Waals surface area contributed by atoms with Crippen molar-refractivity contribution >= 4 is 11.9 Å². The smallest absolute Gasteiger partial charge is 0.436 e. The summed E-state index contributed by atoms with van der Waals surface area (Å²) in [5.74, 6) is -2.73. The number of carbonyl (C=O) groups is 2. The van der Waals surface area contributed by atoms with Gasteiger partial charge in [0.15, 0.2) is 0 Å². The molecule has 1 heterocycles. The molecule has 1 fully saturated rings. The lowest BCUT2D eigenvalue weighted by atomic mass is 9.84. The van der Waals surface area contributed by atoms with E-state index in [4.69, 9.17) is 14.2 Å². The highest BCUT2D eigenvalue weighted by atomic mass is 19.4. The Hall–Kier alpha value is -2.13. The first-order valence-corrected chi connectivity index (χ1v) is 8.39. The van der Waals surface area contributed by atoms with Gasteiger partial charge in [-0.1, -0.05) is 30.3 Å². The molecule has 1 aromatic carbocycles. The van der Waals surface area contributed by atoms with Crippen LogP contribution in [-0.4, -0.2) is 42.1 Å².